The Hall–Kier alpha value is -4.47. The maximum atomic E-state index is 13.3. The van der Waals surface area contributed by atoms with E-state index in [4.69, 9.17) is 5.73 Å². The molecule has 1 unspecified atom stereocenters. The van der Waals surface area contributed by atoms with Gasteiger partial charge in [0.15, 0.2) is 10.1 Å². The normalized spacial score (nSPS) is 16.8. The van der Waals surface area contributed by atoms with Crippen molar-refractivity contribution in [2.24, 2.45) is 5.73 Å². The van der Waals surface area contributed by atoms with Gasteiger partial charge in [-0.25, -0.2) is 0 Å². The molecule has 5 rings (SSSR count). The van der Waals surface area contributed by atoms with Crippen LogP contribution < -0.4 is 21.3 Å². The molecule has 0 bridgehead atoms. The summed E-state index contributed by atoms with van der Waals surface area (Å²) in [6.07, 6.45) is 1.71. The van der Waals surface area contributed by atoms with E-state index >= 15 is 0 Å². The summed E-state index contributed by atoms with van der Waals surface area (Å²) < 4.78 is 0.549. The van der Waals surface area contributed by atoms with E-state index in [1.54, 1.807) is 29.2 Å². The predicted octanol–water partition coefficient (Wildman–Crippen LogP) is 4.84. The summed E-state index contributed by atoms with van der Waals surface area (Å²) in [7, 11) is 0. The van der Waals surface area contributed by atoms with Gasteiger partial charge in [0.2, 0.25) is 16.9 Å². The molecule has 2 aliphatic rings. The number of rotatable bonds is 7. The van der Waals surface area contributed by atoms with Crippen LogP contribution in [0.4, 0.5) is 16.5 Å². The number of nitrogens with two attached hydrogens (primary N) is 1. The first-order chi connectivity index (χ1) is 19.7. The number of benzene rings is 2. The molecule has 3 aromatic rings. The zero-order valence-electron chi connectivity index (χ0n) is 22.4. The highest BCUT2D eigenvalue weighted by Gasteiger charge is 2.41. The van der Waals surface area contributed by atoms with Crippen molar-refractivity contribution in [2.45, 2.75) is 43.4 Å². The fourth-order valence-corrected chi connectivity index (χ4v) is 6.68. The van der Waals surface area contributed by atoms with E-state index < -0.39 is 5.92 Å². The van der Waals surface area contributed by atoms with Crippen molar-refractivity contribution in [1.82, 2.24) is 10.2 Å². The number of carbonyl (C=O) groups is 3. The lowest BCUT2D eigenvalue weighted by molar-refractivity contribution is -0.116. The smallest absolute Gasteiger partial charge is 0.234 e. The molecule has 1 atom stereocenters. The van der Waals surface area contributed by atoms with Crippen molar-refractivity contribution < 1.29 is 14.4 Å². The second-order valence-corrected chi connectivity index (χ2v) is 11.9. The number of anilines is 3. The van der Waals surface area contributed by atoms with Crippen LogP contribution in [0.1, 0.15) is 43.2 Å². The van der Waals surface area contributed by atoms with Crippen LogP contribution in [-0.2, 0) is 14.4 Å². The number of amides is 2. The Morgan fingerprint density at radius 2 is 1.88 bits per heavy atom. The number of ketones is 1. The van der Waals surface area contributed by atoms with Crippen molar-refractivity contribution in [3.63, 3.8) is 0 Å². The Bertz CT molecular complexity index is 1640. The molecule has 1 aliphatic carbocycles. The van der Waals surface area contributed by atoms with E-state index in [1.807, 2.05) is 31.2 Å². The number of hydrogen-bond acceptors (Lipinski definition) is 10. The molecule has 1 aliphatic heterocycles. The molecule has 0 saturated heterocycles. The molecule has 0 spiro atoms. The number of thioether (sulfide) groups is 1. The molecule has 2 heterocycles. The third kappa shape index (κ3) is 6.01. The van der Waals surface area contributed by atoms with Crippen LogP contribution in [0.25, 0.3) is 0 Å². The molecule has 10 nitrogen and oxygen atoms in total. The van der Waals surface area contributed by atoms with E-state index in [1.165, 1.54) is 30.0 Å². The van der Waals surface area contributed by atoms with Gasteiger partial charge in [0.05, 0.1) is 23.3 Å². The topological polar surface area (TPSA) is 154 Å². The highest BCUT2D eigenvalue weighted by Crippen LogP contribution is 2.47. The molecule has 1 aromatic heterocycles. The van der Waals surface area contributed by atoms with Crippen LogP contribution in [-0.4, -0.2) is 33.5 Å². The maximum absolute atomic E-state index is 13.3. The number of hydrogen-bond donors (Lipinski definition) is 3. The van der Waals surface area contributed by atoms with Gasteiger partial charge in [0.25, 0.3) is 0 Å². The van der Waals surface area contributed by atoms with Crippen molar-refractivity contribution in [3.05, 3.63) is 82.3 Å². The molecule has 41 heavy (non-hydrogen) atoms. The second kappa shape index (κ2) is 12.0. The SMILES string of the molecule is CC(=O)Nc1ccc(NC(=O)CSc2nnc(N3C(N)=C(C#N)C(c4cccc(C)c4)C4=C3CCCC4=O)s2)cc1. The molecule has 0 fully saturated rings. The van der Waals surface area contributed by atoms with Gasteiger partial charge in [-0.1, -0.05) is 52.9 Å². The highest BCUT2D eigenvalue weighted by atomic mass is 32.2. The zero-order chi connectivity index (χ0) is 29.1. The average Bonchev–Trinajstić information content (AvgIpc) is 3.40. The van der Waals surface area contributed by atoms with E-state index in [9.17, 15) is 19.6 Å². The number of nitrogens with one attached hydrogen (secondary N) is 2. The van der Waals surface area contributed by atoms with Crippen LogP contribution >= 0.6 is 23.1 Å². The Morgan fingerprint density at radius 3 is 2.56 bits per heavy atom. The van der Waals surface area contributed by atoms with Crippen LogP contribution in [0.2, 0.25) is 0 Å². The number of carbonyl (C=O) groups excluding carboxylic acids is 3. The maximum Gasteiger partial charge on any atom is 0.234 e. The Labute approximate surface area is 245 Å². The fourth-order valence-electron chi connectivity index (χ4n) is 5.00. The summed E-state index contributed by atoms with van der Waals surface area (Å²) in [6, 6.07) is 16.9. The summed E-state index contributed by atoms with van der Waals surface area (Å²) >= 11 is 2.47. The van der Waals surface area contributed by atoms with Gasteiger partial charge >= 0.3 is 0 Å². The van der Waals surface area contributed by atoms with E-state index in [0.717, 1.165) is 16.8 Å². The van der Waals surface area contributed by atoms with E-state index in [2.05, 4.69) is 26.9 Å². The standard InChI is InChI=1S/C29H27N7O3S2/c1-16-5-3-6-18(13-16)25-21(14-30)27(31)36(22-7-4-8-23(38)26(22)25)28-34-35-29(41-28)40-15-24(39)33-20-11-9-19(10-12-20)32-17(2)37/h3,5-6,9-13,25H,4,7-8,15,31H2,1-2H3,(H,32,37)(H,33,39). The van der Waals surface area contributed by atoms with Gasteiger partial charge in [-0.05, 0) is 49.6 Å². The van der Waals surface area contributed by atoms with E-state index in [-0.39, 0.29) is 29.2 Å². The van der Waals surface area contributed by atoms with E-state index in [0.29, 0.717) is 51.3 Å². The number of aryl methyl sites for hydroxylation is 1. The third-order valence-corrected chi connectivity index (χ3v) is 8.73. The third-order valence-electron chi connectivity index (χ3n) is 6.69. The van der Waals surface area contributed by atoms with Crippen LogP contribution in [0.15, 0.2) is 75.5 Å². The van der Waals surface area contributed by atoms with Gasteiger partial charge < -0.3 is 16.4 Å². The average molecular weight is 586 g/mol. The van der Waals surface area contributed by atoms with Crippen molar-refractivity contribution >= 4 is 57.2 Å². The first kappa shape index (κ1) is 28.1. The molecule has 2 aromatic carbocycles. The monoisotopic (exact) mass is 585 g/mol. The molecule has 0 radical (unpaired) electrons. The van der Waals surface area contributed by atoms with Gasteiger partial charge in [-0.15, -0.1) is 10.2 Å². The Balaban J connectivity index is 1.35. The molecule has 0 saturated carbocycles. The molecular weight excluding hydrogens is 558 g/mol. The lowest BCUT2D eigenvalue weighted by Crippen LogP contribution is -2.38. The Morgan fingerprint density at radius 1 is 1.15 bits per heavy atom. The predicted molar refractivity (Wildman–Crippen MR) is 159 cm³/mol. The summed E-state index contributed by atoms with van der Waals surface area (Å²) in [6.45, 7) is 3.40. The Kier molecular flexibility index (Phi) is 8.19. The minimum Gasteiger partial charge on any atom is -0.384 e. The minimum atomic E-state index is -0.531. The fraction of sp³-hybridized carbons (Fsp3) is 0.241. The lowest BCUT2D eigenvalue weighted by Gasteiger charge is -2.38. The van der Waals surface area contributed by atoms with Crippen molar-refractivity contribution in [1.29, 1.82) is 5.26 Å². The summed E-state index contributed by atoms with van der Waals surface area (Å²) in [5.41, 5.74) is 11.4. The number of nitrogens with zero attached hydrogens (tertiary/aromatic N) is 4. The van der Waals surface area contributed by atoms with Crippen molar-refractivity contribution in [3.8, 4) is 6.07 Å². The van der Waals surface area contributed by atoms with Gasteiger partial charge in [-0.2, -0.15) is 5.26 Å². The number of nitriles is 1. The van der Waals surface area contributed by atoms with Crippen molar-refractivity contribution in [2.75, 3.05) is 21.3 Å². The number of aromatic nitrogens is 2. The minimum absolute atomic E-state index is 0.00361. The molecule has 4 N–H and O–H groups in total. The van der Waals surface area contributed by atoms with Gasteiger partial charge in [0, 0.05) is 36.0 Å². The summed E-state index contributed by atoms with van der Waals surface area (Å²) in [5.74, 6) is -0.596. The lowest BCUT2D eigenvalue weighted by atomic mass is 9.75. The largest absolute Gasteiger partial charge is 0.384 e. The van der Waals surface area contributed by atoms with Crippen LogP contribution in [0.5, 0.6) is 0 Å². The van der Waals surface area contributed by atoms with Crippen LogP contribution in [0, 0.1) is 18.3 Å². The zero-order valence-corrected chi connectivity index (χ0v) is 24.1. The number of Topliss-reactive ketones (excluding diaryl/α,β-unsaturated/α-hetero) is 1. The highest BCUT2D eigenvalue weighted by molar-refractivity contribution is 8.01. The molecule has 2 amide bonds. The first-order valence-electron chi connectivity index (χ1n) is 12.9. The second-order valence-electron chi connectivity index (χ2n) is 9.68. The molecule has 12 heteroatoms. The van der Waals surface area contributed by atoms with Gasteiger partial charge in [0.1, 0.15) is 5.82 Å². The quantitative estimate of drug-likeness (QED) is 0.330. The summed E-state index contributed by atoms with van der Waals surface area (Å²) in [4.78, 5) is 38.7. The molecule has 208 valence electrons. The first-order valence-corrected chi connectivity index (χ1v) is 14.7. The number of allylic oxidation sites excluding steroid dienone is 3. The summed E-state index contributed by atoms with van der Waals surface area (Å²) in [5, 5.41) is 24.7. The van der Waals surface area contributed by atoms with Gasteiger partial charge in [-0.3, -0.25) is 19.3 Å². The molecular formula is C29H27N7O3S2. The van der Waals surface area contributed by atoms with Crippen LogP contribution in [0.3, 0.4) is 0 Å².